The lowest BCUT2D eigenvalue weighted by Gasteiger charge is -2.19. The highest BCUT2D eigenvalue weighted by Gasteiger charge is 2.29. The fraction of sp³-hybridized carbons (Fsp3) is 0.107. The van der Waals surface area contributed by atoms with Gasteiger partial charge in [0, 0.05) is 36.2 Å². The number of rotatable bonds is 5. The summed E-state index contributed by atoms with van der Waals surface area (Å²) in [4.78, 5) is 18.6. The quantitative estimate of drug-likeness (QED) is 0.245. The predicted molar refractivity (Wildman–Crippen MR) is 134 cm³/mol. The number of aromatic amines is 1. The van der Waals surface area contributed by atoms with Gasteiger partial charge in [-0.3, -0.25) is 10.0 Å². The first-order valence-electron chi connectivity index (χ1n) is 10.9. The number of nitrogens with one attached hydrogen (secondary N) is 2. The molecule has 5 aromatic rings. The summed E-state index contributed by atoms with van der Waals surface area (Å²) >= 11 is 0. The van der Waals surface area contributed by atoms with E-state index in [0.717, 1.165) is 49.7 Å². The van der Waals surface area contributed by atoms with Crippen LogP contribution in [0.3, 0.4) is 0 Å². The van der Waals surface area contributed by atoms with Crippen molar-refractivity contribution < 1.29 is 10.0 Å². The molecule has 4 aromatic carbocycles. The van der Waals surface area contributed by atoms with Crippen LogP contribution in [0.15, 0.2) is 91.0 Å². The first-order chi connectivity index (χ1) is 16.1. The molecule has 0 spiro atoms. The van der Waals surface area contributed by atoms with Crippen LogP contribution >= 0.6 is 0 Å². The zero-order chi connectivity index (χ0) is 22.9. The topological polar surface area (TPSA) is 68.4 Å². The Kier molecular flexibility index (Phi) is 5.32. The van der Waals surface area contributed by atoms with Gasteiger partial charge in [-0.2, -0.15) is 0 Å². The number of fused-ring (bicyclic) bond motifs is 2. The van der Waals surface area contributed by atoms with E-state index in [0.29, 0.717) is 0 Å². The van der Waals surface area contributed by atoms with E-state index in [9.17, 15) is 10.0 Å². The molecular formula is C28H25N3O2. The van der Waals surface area contributed by atoms with Gasteiger partial charge in [0.2, 0.25) is 0 Å². The van der Waals surface area contributed by atoms with Crippen molar-refractivity contribution in [3.8, 4) is 11.3 Å². The molecule has 33 heavy (non-hydrogen) atoms. The molecule has 3 N–H and O–H groups in total. The number of anilines is 1. The Labute approximate surface area is 192 Å². The Morgan fingerprint density at radius 3 is 2.30 bits per heavy atom. The second-order valence-electron chi connectivity index (χ2n) is 8.42. The molecule has 1 unspecified atom stereocenters. The summed E-state index contributed by atoms with van der Waals surface area (Å²) in [6.07, 6.45) is 0. The number of hydroxylamine groups is 1. The molecule has 1 aromatic heterocycles. The highest BCUT2D eigenvalue weighted by Crippen LogP contribution is 2.40. The molecule has 0 saturated carbocycles. The molecule has 1 amide bonds. The minimum absolute atomic E-state index is 0.473. The lowest BCUT2D eigenvalue weighted by molar-refractivity contribution is -0.129. The third-order valence-electron chi connectivity index (χ3n) is 6.19. The summed E-state index contributed by atoms with van der Waals surface area (Å²) in [5.74, 6) is -1.16. The predicted octanol–water partition coefficient (Wildman–Crippen LogP) is 5.69. The highest BCUT2D eigenvalue weighted by atomic mass is 16.5. The molecule has 0 saturated heterocycles. The average molecular weight is 436 g/mol. The zero-order valence-corrected chi connectivity index (χ0v) is 18.5. The third-order valence-corrected chi connectivity index (χ3v) is 6.19. The number of H-pyrrole nitrogens is 1. The van der Waals surface area contributed by atoms with Crippen LogP contribution in [0.25, 0.3) is 32.9 Å². The largest absolute Gasteiger partial charge is 0.378 e. The van der Waals surface area contributed by atoms with Crippen LogP contribution < -0.4 is 10.4 Å². The van der Waals surface area contributed by atoms with Crippen molar-refractivity contribution in [3.63, 3.8) is 0 Å². The molecule has 1 atom stereocenters. The van der Waals surface area contributed by atoms with Crippen molar-refractivity contribution in [3.05, 3.63) is 102 Å². The fourth-order valence-corrected chi connectivity index (χ4v) is 4.51. The average Bonchev–Trinajstić information content (AvgIpc) is 3.23. The number of carbonyl (C=O) groups is 1. The smallest absolute Gasteiger partial charge is 0.255 e. The monoisotopic (exact) mass is 435 g/mol. The number of hydrogen-bond donors (Lipinski definition) is 3. The summed E-state index contributed by atoms with van der Waals surface area (Å²) in [7, 11) is 3.95. The number of para-hydroxylation sites is 1. The van der Waals surface area contributed by atoms with Gasteiger partial charge < -0.3 is 9.88 Å². The van der Waals surface area contributed by atoms with Gasteiger partial charge in [0.15, 0.2) is 0 Å². The zero-order valence-electron chi connectivity index (χ0n) is 18.5. The van der Waals surface area contributed by atoms with Crippen molar-refractivity contribution in [2.75, 3.05) is 19.0 Å². The SMILES string of the molecule is CN(C)c1ccc(C(C(=O)NO)c2c(-c3ccc4ccccc4c3)[nH]c3ccccc23)cc1. The van der Waals surface area contributed by atoms with Crippen molar-refractivity contribution >= 4 is 33.3 Å². The van der Waals surface area contributed by atoms with Gasteiger partial charge in [-0.25, -0.2) is 5.48 Å². The van der Waals surface area contributed by atoms with Crippen LogP contribution in [0.2, 0.25) is 0 Å². The Bertz CT molecular complexity index is 1450. The standard InChI is InChI=1S/C28H25N3O2/c1-31(2)22-15-13-19(14-16-22)25(28(32)30-33)26-23-9-5-6-10-24(23)29-27(26)21-12-11-18-7-3-4-8-20(18)17-21/h3-17,25,29,33H,1-2H3,(H,30,32). The minimum atomic E-state index is -0.691. The van der Waals surface area contributed by atoms with Crippen LogP contribution in [0, 0.1) is 0 Å². The number of carbonyl (C=O) groups excluding carboxylic acids is 1. The molecule has 0 bridgehead atoms. The summed E-state index contributed by atoms with van der Waals surface area (Å²) in [6.45, 7) is 0. The lowest BCUT2D eigenvalue weighted by Crippen LogP contribution is -2.27. The normalized spacial score (nSPS) is 12.1. The van der Waals surface area contributed by atoms with Crippen LogP contribution in [-0.2, 0) is 4.79 Å². The van der Waals surface area contributed by atoms with Crippen LogP contribution in [0.4, 0.5) is 5.69 Å². The first kappa shape index (κ1) is 20.8. The molecule has 0 radical (unpaired) electrons. The third kappa shape index (κ3) is 3.73. The van der Waals surface area contributed by atoms with Gasteiger partial charge in [-0.1, -0.05) is 66.7 Å². The van der Waals surface area contributed by atoms with E-state index in [1.165, 1.54) is 0 Å². The van der Waals surface area contributed by atoms with E-state index < -0.39 is 11.8 Å². The number of nitrogens with zero attached hydrogens (tertiary/aromatic N) is 1. The maximum absolute atomic E-state index is 13.1. The highest BCUT2D eigenvalue weighted by molar-refractivity contribution is 6.00. The Morgan fingerprint density at radius 2 is 1.58 bits per heavy atom. The van der Waals surface area contributed by atoms with Crippen LogP contribution in [0.5, 0.6) is 0 Å². The number of amides is 1. The fourth-order valence-electron chi connectivity index (χ4n) is 4.51. The van der Waals surface area contributed by atoms with Gasteiger partial charge in [-0.05, 0) is 46.2 Å². The molecular weight excluding hydrogens is 410 g/mol. The Balaban J connectivity index is 1.75. The summed E-state index contributed by atoms with van der Waals surface area (Å²) in [5, 5.41) is 12.9. The molecule has 5 heteroatoms. The molecule has 164 valence electrons. The van der Waals surface area contributed by atoms with Crippen molar-refractivity contribution in [1.82, 2.24) is 10.5 Å². The number of hydrogen-bond acceptors (Lipinski definition) is 3. The number of aromatic nitrogens is 1. The maximum atomic E-state index is 13.1. The van der Waals surface area contributed by atoms with E-state index in [4.69, 9.17) is 0 Å². The number of benzene rings is 4. The second kappa shape index (κ2) is 8.45. The molecule has 0 aliphatic heterocycles. The van der Waals surface area contributed by atoms with Crippen molar-refractivity contribution in [1.29, 1.82) is 0 Å². The first-order valence-corrected chi connectivity index (χ1v) is 10.9. The van der Waals surface area contributed by atoms with Crippen LogP contribution in [-0.4, -0.2) is 30.2 Å². The minimum Gasteiger partial charge on any atom is -0.378 e. The van der Waals surface area contributed by atoms with Crippen molar-refractivity contribution in [2.24, 2.45) is 0 Å². The van der Waals surface area contributed by atoms with Gasteiger partial charge in [0.1, 0.15) is 0 Å². The Morgan fingerprint density at radius 1 is 0.879 bits per heavy atom. The van der Waals surface area contributed by atoms with E-state index in [2.05, 4.69) is 35.3 Å². The molecule has 0 fully saturated rings. The molecule has 5 rings (SSSR count). The molecule has 0 aliphatic carbocycles. The van der Waals surface area contributed by atoms with E-state index in [-0.39, 0.29) is 0 Å². The summed E-state index contributed by atoms with van der Waals surface area (Å²) in [6, 6.07) is 30.3. The molecule has 1 heterocycles. The summed E-state index contributed by atoms with van der Waals surface area (Å²) in [5.41, 5.74) is 7.37. The lowest BCUT2D eigenvalue weighted by atomic mass is 9.86. The molecule has 0 aliphatic rings. The van der Waals surface area contributed by atoms with Crippen molar-refractivity contribution in [2.45, 2.75) is 5.92 Å². The van der Waals surface area contributed by atoms with Gasteiger partial charge >= 0.3 is 0 Å². The Hall–Kier alpha value is -4.09. The second-order valence-corrected chi connectivity index (χ2v) is 8.42. The van der Waals surface area contributed by atoms with E-state index in [1.54, 1.807) is 0 Å². The van der Waals surface area contributed by atoms with Crippen LogP contribution in [0.1, 0.15) is 17.0 Å². The molecule has 5 nitrogen and oxygen atoms in total. The van der Waals surface area contributed by atoms with E-state index in [1.807, 2.05) is 85.1 Å². The van der Waals surface area contributed by atoms with E-state index >= 15 is 0 Å². The van der Waals surface area contributed by atoms with Gasteiger partial charge in [0.05, 0.1) is 11.6 Å². The van der Waals surface area contributed by atoms with Gasteiger partial charge in [-0.15, -0.1) is 0 Å². The summed E-state index contributed by atoms with van der Waals surface area (Å²) < 4.78 is 0. The van der Waals surface area contributed by atoms with Gasteiger partial charge in [0.25, 0.3) is 5.91 Å². The maximum Gasteiger partial charge on any atom is 0.255 e.